The minimum atomic E-state index is -0.659. The highest BCUT2D eigenvalue weighted by molar-refractivity contribution is 6.30. The smallest absolute Gasteiger partial charge is 0.251 e. The lowest BCUT2D eigenvalue weighted by Gasteiger charge is -2.11. The van der Waals surface area contributed by atoms with Gasteiger partial charge in [-0.15, -0.1) is 0 Å². The topological polar surface area (TPSA) is 87.7 Å². The first-order valence-corrected chi connectivity index (χ1v) is 5.54. The van der Waals surface area contributed by atoms with Gasteiger partial charge in [-0.3, -0.25) is 4.79 Å². The molecule has 0 spiro atoms. The van der Waals surface area contributed by atoms with E-state index in [0.29, 0.717) is 0 Å². The summed E-state index contributed by atoms with van der Waals surface area (Å²) in [4.78, 5) is 11.7. The second-order valence-electron chi connectivity index (χ2n) is 3.76. The van der Waals surface area contributed by atoms with Crippen molar-refractivity contribution in [3.05, 3.63) is 34.6 Å². The van der Waals surface area contributed by atoms with Gasteiger partial charge in [0.2, 0.25) is 0 Å². The van der Waals surface area contributed by atoms with E-state index in [2.05, 4.69) is 10.5 Å². The molecular weight excluding hydrogens is 261 g/mol. The number of oxime groups is 1. The summed E-state index contributed by atoms with van der Waals surface area (Å²) in [6.07, 6.45) is 0. The van der Waals surface area contributed by atoms with E-state index in [4.69, 9.17) is 22.5 Å². The van der Waals surface area contributed by atoms with Gasteiger partial charge < -0.3 is 16.3 Å². The lowest BCUT2D eigenvalue weighted by molar-refractivity contribution is 0.0950. The zero-order valence-corrected chi connectivity index (χ0v) is 10.4. The van der Waals surface area contributed by atoms with Gasteiger partial charge in [0.15, 0.2) is 0 Å². The van der Waals surface area contributed by atoms with Crippen LogP contribution in [0.2, 0.25) is 5.02 Å². The third kappa shape index (κ3) is 3.59. The van der Waals surface area contributed by atoms with Crippen LogP contribution >= 0.6 is 11.6 Å². The van der Waals surface area contributed by atoms with Crippen molar-refractivity contribution in [2.24, 2.45) is 16.8 Å². The van der Waals surface area contributed by atoms with Gasteiger partial charge in [0.05, 0.1) is 5.02 Å². The number of amidine groups is 1. The first kappa shape index (κ1) is 14.2. The number of benzene rings is 1. The maximum absolute atomic E-state index is 13.1. The van der Waals surface area contributed by atoms with Crippen molar-refractivity contribution in [1.82, 2.24) is 5.32 Å². The molecule has 0 bridgehead atoms. The fourth-order valence-electron chi connectivity index (χ4n) is 1.19. The summed E-state index contributed by atoms with van der Waals surface area (Å²) in [5.74, 6) is -1.43. The van der Waals surface area contributed by atoms with Gasteiger partial charge >= 0.3 is 0 Å². The number of amides is 1. The lowest BCUT2D eigenvalue weighted by atomic mass is 10.1. The number of nitrogens with one attached hydrogen (secondary N) is 1. The van der Waals surface area contributed by atoms with E-state index in [1.807, 2.05) is 0 Å². The Kier molecular flexibility index (Phi) is 4.91. The van der Waals surface area contributed by atoms with Gasteiger partial charge in [-0.25, -0.2) is 4.39 Å². The second kappa shape index (κ2) is 6.20. The highest BCUT2D eigenvalue weighted by Gasteiger charge is 2.12. The first-order valence-electron chi connectivity index (χ1n) is 5.16. The Morgan fingerprint density at radius 2 is 2.33 bits per heavy atom. The number of rotatable bonds is 4. The second-order valence-corrected chi connectivity index (χ2v) is 4.17. The number of nitrogens with two attached hydrogens (primary N) is 1. The molecule has 1 aromatic rings. The van der Waals surface area contributed by atoms with Crippen molar-refractivity contribution < 1.29 is 14.4 Å². The zero-order valence-electron chi connectivity index (χ0n) is 9.65. The van der Waals surface area contributed by atoms with Crippen LogP contribution in [0.5, 0.6) is 0 Å². The fourth-order valence-corrected chi connectivity index (χ4v) is 1.31. The Morgan fingerprint density at radius 3 is 2.89 bits per heavy atom. The van der Waals surface area contributed by atoms with E-state index in [1.165, 1.54) is 12.1 Å². The number of hydrogen-bond donors (Lipinski definition) is 3. The maximum atomic E-state index is 13.1. The van der Waals surface area contributed by atoms with Crippen LogP contribution in [0, 0.1) is 11.7 Å². The van der Waals surface area contributed by atoms with Crippen molar-refractivity contribution in [3.63, 3.8) is 0 Å². The van der Waals surface area contributed by atoms with Crippen molar-refractivity contribution in [2.75, 3.05) is 6.54 Å². The van der Waals surface area contributed by atoms with Gasteiger partial charge in [-0.2, -0.15) is 0 Å². The molecule has 1 rings (SSSR count). The molecule has 1 unspecified atom stereocenters. The summed E-state index contributed by atoms with van der Waals surface area (Å²) in [6, 6.07) is 3.76. The van der Waals surface area contributed by atoms with E-state index in [-0.39, 0.29) is 28.9 Å². The van der Waals surface area contributed by atoms with Crippen LogP contribution < -0.4 is 11.1 Å². The molecule has 5 nitrogen and oxygen atoms in total. The largest absolute Gasteiger partial charge is 0.409 e. The molecule has 0 fully saturated rings. The number of carbonyl (C=O) groups excluding carboxylic acids is 1. The van der Waals surface area contributed by atoms with Crippen LogP contribution in [0.1, 0.15) is 17.3 Å². The molecule has 0 saturated heterocycles. The van der Waals surface area contributed by atoms with Crippen LogP contribution in [-0.4, -0.2) is 23.5 Å². The predicted molar refractivity (Wildman–Crippen MR) is 66.3 cm³/mol. The fraction of sp³-hybridized carbons (Fsp3) is 0.273. The van der Waals surface area contributed by atoms with E-state index in [9.17, 15) is 9.18 Å². The molecule has 0 aliphatic rings. The van der Waals surface area contributed by atoms with Crippen LogP contribution in [-0.2, 0) is 0 Å². The van der Waals surface area contributed by atoms with Crippen molar-refractivity contribution >= 4 is 23.3 Å². The molecule has 1 aromatic carbocycles. The highest BCUT2D eigenvalue weighted by Crippen LogP contribution is 2.15. The molecule has 0 aromatic heterocycles. The lowest BCUT2D eigenvalue weighted by Crippen LogP contribution is -2.34. The van der Waals surface area contributed by atoms with Crippen LogP contribution in [0.4, 0.5) is 4.39 Å². The highest BCUT2D eigenvalue weighted by atomic mass is 35.5. The average Bonchev–Trinajstić information content (AvgIpc) is 2.37. The SMILES string of the molecule is CC(CNC(=O)c1ccc(Cl)c(F)c1)/C(N)=N/O. The third-order valence-corrected chi connectivity index (χ3v) is 2.68. The average molecular weight is 274 g/mol. The van der Waals surface area contributed by atoms with Crippen LogP contribution in [0.3, 0.4) is 0 Å². The summed E-state index contributed by atoms with van der Waals surface area (Å²) in [5.41, 5.74) is 5.51. The number of halogens is 2. The van der Waals surface area contributed by atoms with Crippen molar-refractivity contribution in [3.8, 4) is 0 Å². The van der Waals surface area contributed by atoms with Gasteiger partial charge in [0.1, 0.15) is 11.7 Å². The predicted octanol–water partition coefficient (Wildman–Crippen LogP) is 1.59. The van der Waals surface area contributed by atoms with Crippen LogP contribution in [0.25, 0.3) is 0 Å². The summed E-state index contributed by atoms with van der Waals surface area (Å²) in [7, 11) is 0. The van der Waals surface area contributed by atoms with E-state index in [1.54, 1.807) is 6.92 Å². The van der Waals surface area contributed by atoms with E-state index >= 15 is 0 Å². The molecule has 98 valence electrons. The summed E-state index contributed by atoms with van der Waals surface area (Å²) >= 11 is 5.51. The van der Waals surface area contributed by atoms with E-state index < -0.39 is 11.7 Å². The van der Waals surface area contributed by atoms with Crippen LogP contribution in [0.15, 0.2) is 23.4 Å². The molecule has 0 aliphatic heterocycles. The quantitative estimate of drug-likeness (QED) is 0.337. The summed E-state index contributed by atoms with van der Waals surface area (Å²) in [6.45, 7) is 1.86. The van der Waals surface area contributed by atoms with Gasteiger partial charge in [-0.1, -0.05) is 23.7 Å². The molecule has 18 heavy (non-hydrogen) atoms. The van der Waals surface area contributed by atoms with Gasteiger partial charge in [0.25, 0.3) is 5.91 Å². The van der Waals surface area contributed by atoms with Gasteiger partial charge in [-0.05, 0) is 18.2 Å². The first-order chi connectivity index (χ1) is 8.45. The Morgan fingerprint density at radius 1 is 1.67 bits per heavy atom. The zero-order chi connectivity index (χ0) is 13.7. The van der Waals surface area contributed by atoms with E-state index in [0.717, 1.165) is 6.07 Å². The van der Waals surface area contributed by atoms with Crippen molar-refractivity contribution in [2.45, 2.75) is 6.92 Å². The molecule has 4 N–H and O–H groups in total. The standard InChI is InChI=1S/C11H13ClFN3O2/c1-6(10(14)16-18)5-15-11(17)7-2-3-8(12)9(13)4-7/h2-4,6,18H,5H2,1H3,(H2,14,16)(H,15,17). The van der Waals surface area contributed by atoms with Gasteiger partial charge in [0, 0.05) is 18.0 Å². The number of hydrogen-bond acceptors (Lipinski definition) is 3. The molecule has 1 amide bonds. The van der Waals surface area contributed by atoms with Crippen molar-refractivity contribution in [1.29, 1.82) is 0 Å². The normalized spacial score (nSPS) is 13.2. The minimum absolute atomic E-state index is 0.0117. The molecule has 0 heterocycles. The maximum Gasteiger partial charge on any atom is 0.251 e. The number of nitrogens with zero attached hydrogens (tertiary/aromatic N) is 1. The summed E-state index contributed by atoms with van der Waals surface area (Å²) < 4.78 is 13.1. The molecule has 0 radical (unpaired) electrons. The molecule has 0 aliphatic carbocycles. The third-order valence-electron chi connectivity index (χ3n) is 2.37. The Hall–Kier alpha value is -1.82. The number of carbonyl (C=O) groups is 1. The molecular formula is C11H13ClFN3O2. The Bertz CT molecular complexity index is 479. The molecule has 7 heteroatoms. The Labute approximate surface area is 108 Å². The summed E-state index contributed by atoms with van der Waals surface area (Å²) in [5, 5.41) is 13.8. The molecule has 0 saturated carbocycles. The Balaban J connectivity index is 2.63. The molecule has 1 atom stereocenters. The minimum Gasteiger partial charge on any atom is -0.409 e. The monoisotopic (exact) mass is 273 g/mol.